The standard InChI is InChI=1S/C23H26N4O3/c1-14(2)20(23(29)27-11-7-8-12-27)25-21(28)17-13-18(16-9-5-4-6-10-16)24-22-19(17)15(3)26-30-22/h4-6,9-10,13-14,20H,7-8,11-12H2,1-3H3,(H,25,28)/t20-/m0/s1. The molecule has 156 valence electrons. The van der Waals surface area contributed by atoms with Gasteiger partial charge in [0.15, 0.2) is 0 Å². The van der Waals surface area contributed by atoms with Crippen molar-refractivity contribution in [2.45, 2.75) is 39.7 Å². The highest BCUT2D eigenvalue weighted by molar-refractivity contribution is 6.08. The number of aromatic nitrogens is 2. The van der Waals surface area contributed by atoms with Crippen molar-refractivity contribution in [2.24, 2.45) is 5.92 Å². The van der Waals surface area contributed by atoms with Crippen LogP contribution in [-0.2, 0) is 4.79 Å². The van der Waals surface area contributed by atoms with Crippen molar-refractivity contribution < 1.29 is 14.1 Å². The zero-order chi connectivity index (χ0) is 21.3. The Morgan fingerprint density at radius 2 is 1.83 bits per heavy atom. The van der Waals surface area contributed by atoms with Gasteiger partial charge in [0, 0.05) is 18.7 Å². The van der Waals surface area contributed by atoms with Gasteiger partial charge in [-0.05, 0) is 31.7 Å². The summed E-state index contributed by atoms with van der Waals surface area (Å²) in [6, 6.07) is 10.8. The molecular weight excluding hydrogens is 380 g/mol. The lowest BCUT2D eigenvalue weighted by Gasteiger charge is -2.26. The first-order valence-electron chi connectivity index (χ1n) is 10.4. The number of amides is 2. The predicted octanol–water partition coefficient (Wildman–Crippen LogP) is 3.58. The molecule has 4 rings (SSSR count). The summed E-state index contributed by atoms with van der Waals surface area (Å²) in [5, 5.41) is 7.54. The summed E-state index contributed by atoms with van der Waals surface area (Å²) in [5.74, 6) is -0.375. The van der Waals surface area contributed by atoms with E-state index in [1.807, 2.05) is 49.1 Å². The molecule has 1 atom stereocenters. The molecule has 7 nitrogen and oxygen atoms in total. The normalized spacial score (nSPS) is 15.0. The summed E-state index contributed by atoms with van der Waals surface area (Å²) < 4.78 is 5.37. The molecule has 0 spiro atoms. The van der Waals surface area contributed by atoms with Gasteiger partial charge in [-0.1, -0.05) is 49.3 Å². The second-order valence-corrected chi connectivity index (χ2v) is 8.10. The zero-order valence-electron chi connectivity index (χ0n) is 17.5. The third-order valence-electron chi connectivity index (χ3n) is 5.57. The maximum Gasteiger partial charge on any atom is 0.259 e. The molecule has 1 N–H and O–H groups in total. The van der Waals surface area contributed by atoms with Gasteiger partial charge in [-0.3, -0.25) is 9.59 Å². The van der Waals surface area contributed by atoms with Crippen molar-refractivity contribution in [3.05, 3.63) is 47.7 Å². The molecule has 0 saturated carbocycles. The number of likely N-dealkylation sites (tertiary alicyclic amines) is 1. The number of pyridine rings is 1. The summed E-state index contributed by atoms with van der Waals surface area (Å²) in [4.78, 5) is 32.7. The van der Waals surface area contributed by atoms with Crippen LogP contribution in [-0.4, -0.2) is 46.0 Å². The number of rotatable bonds is 5. The van der Waals surface area contributed by atoms with Gasteiger partial charge >= 0.3 is 0 Å². The predicted molar refractivity (Wildman–Crippen MR) is 114 cm³/mol. The van der Waals surface area contributed by atoms with E-state index in [4.69, 9.17) is 4.52 Å². The quantitative estimate of drug-likeness (QED) is 0.700. The molecule has 1 saturated heterocycles. The highest BCUT2D eigenvalue weighted by Gasteiger charge is 2.31. The second-order valence-electron chi connectivity index (χ2n) is 8.10. The van der Waals surface area contributed by atoms with E-state index in [9.17, 15) is 9.59 Å². The van der Waals surface area contributed by atoms with Gasteiger partial charge in [-0.2, -0.15) is 0 Å². The van der Waals surface area contributed by atoms with Crippen LogP contribution in [0.25, 0.3) is 22.4 Å². The van der Waals surface area contributed by atoms with Gasteiger partial charge in [0.1, 0.15) is 6.04 Å². The zero-order valence-corrected chi connectivity index (χ0v) is 17.5. The van der Waals surface area contributed by atoms with Gasteiger partial charge < -0.3 is 14.7 Å². The van der Waals surface area contributed by atoms with Crippen LogP contribution in [0, 0.1) is 12.8 Å². The number of hydrogen-bond donors (Lipinski definition) is 1. The van der Waals surface area contributed by atoms with Crippen LogP contribution in [0.3, 0.4) is 0 Å². The van der Waals surface area contributed by atoms with E-state index < -0.39 is 6.04 Å². The van der Waals surface area contributed by atoms with Crippen LogP contribution in [0.1, 0.15) is 42.7 Å². The van der Waals surface area contributed by atoms with Crippen LogP contribution in [0.15, 0.2) is 40.9 Å². The van der Waals surface area contributed by atoms with Crippen molar-refractivity contribution in [3.63, 3.8) is 0 Å². The fourth-order valence-electron chi connectivity index (χ4n) is 3.90. The average Bonchev–Trinajstić information content (AvgIpc) is 3.41. The number of hydrogen-bond acceptors (Lipinski definition) is 5. The maximum absolute atomic E-state index is 13.3. The fraction of sp³-hybridized carbons (Fsp3) is 0.391. The van der Waals surface area contributed by atoms with E-state index in [1.165, 1.54) is 0 Å². The SMILES string of the molecule is Cc1noc2nc(-c3ccccc3)cc(C(=O)N[C@H](C(=O)N3CCCC3)C(C)C)c12. The summed E-state index contributed by atoms with van der Waals surface area (Å²) in [5.41, 5.74) is 2.81. The van der Waals surface area contributed by atoms with Crippen LogP contribution < -0.4 is 5.32 Å². The summed E-state index contributed by atoms with van der Waals surface area (Å²) in [7, 11) is 0. The number of fused-ring (bicyclic) bond motifs is 1. The molecule has 7 heteroatoms. The summed E-state index contributed by atoms with van der Waals surface area (Å²) in [6.07, 6.45) is 2.02. The Kier molecular flexibility index (Phi) is 5.53. The van der Waals surface area contributed by atoms with Crippen molar-refractivity contribution >= 4 is 22.9 Å². The highest BCUT2D eigenvalue weighted by atomic mass is 16.5. The van der Waals surface area contributed by atoms with E-state index in [1.54, 1.807) is 13.0 Å². The van der Waals surface area contributed by atoms with E-state index in [0.29, 0.717) is 28.1 Å². The molecule has 0 bridgehead atoms. The Balaban J connectivity index is 1.71. The summed E-state index contributed by atoms with van der Waals surface area (Å²) >= 11 is 0. The average molecular weight is 406 g/mol. The first-order valence-corrected chi connectivity index (χ1v) is 10.4. The van der Waals surface area contributed by atoms with E-state index >= 15 is 0 Å². The molecule has 0 radical (unpaired) electrons. The monoisotopic (exact) mass is 406 g/mol. The lowest BCUT2D eigenvalue weighted by molar-refractivity contribution is -0.133. The topological polar surface area (TPSA) is 88.3 Å². The molecule has 1 aliphatic heterocycles. The van der Waals surface area contributed by atoms with Gasteiger partial charge in [0.25, 0.3) is 11.6 Å². The first-order chi connectivity index (χ1) is 14.5. The van der Waals surface area contributed by atoms with Crippen molar-refractivity contribution in [2.75, 3.05) is 13.1 Å². The summed E-state index contributed by atoms with van der Waals surface area (Å²) in [6.45, 7) is 7.17. The number of aryl methyl sites for hydroxylation is 1. The molecule has 3 heterocycles. The molecule has 30 heavy (non-hydrogen) atoms. The smallest absolute Gasteiger partial charge is 0.259 e. The Labute approximate surface area is 175 Å². The minimum Gasteiger partial charge on any atom is -0.341 e. The number of carbonyl (C=O) groups is 2. The van der Waals surface area contributed by atoms with E-state index in [2.05, 4.69) is 15.5 Å². The number of nitrogens with zero attached hydrogens (tertiary/aromatic N) is 3. The minimum atomic E-state index is -0.584. The molecule has 3 aromatic rings. The molecule has 2 amide bonds. The third-order valence-corrected chi connectivity index (χ3v) is 5.57. The minimum absolute atomic E-state index is 0.0218. The Morgan fingerprint density at radius 1 is 1.13 bits per heavy atom. The molecule has 1 aliphatic rings. The number of benzene rings is 1. The Hall–Kier alpha value is -3.22. The molecule has 0 unspecified atom stereocenters. The van der Waals surface area contributed by atoms with Crippen LogP contribution >= 0.6 is 0 Å². The highest BCUT2D eigenvalue weighted by Crippen LogP contribution is 2.27. The largest absolute Gasteiger partial charge is 0.341 e. The molecule has 1 aromatic carbocycles. The van der Waals surface area contributed by atoms with Crippen molar-refractivity contribution in [3.8, 4) is 11.3 Å². The maximum atomic E-state index is 13.3. The first kappa shape index (κ1) is 20.1. The van der Waals surface area contributed by atoms with E-state index in [0.717, 1.165) is 31.5 Å². The lowest BCUT2D eigenvalue weighted by atomic mass is 10.0. The fourth-order valence-corrected chi connectivity index (χ4v) is 3.90. The van der Waals surface area contributed by atoms with Crippen LogP contribution in [0.5, 0.6) is 0 Å². The van der Waals surface area contributed by atoms with Gasteiger partial charge in [-0.15, -0.1) is 0 Å². The molecule has 1 fully saturated rings. The second kappa shape index (κ2) is 8.26. The number of nitrogens with one attached hydrogen (secondary N) is 1. The van der Waals surface area contributed by atoms with E-state index in [-0.39, 0.29) is 17.7 Å². The van der Waals surface area contributed by atoms with Gasteiger partial charge in [0.2, 0.25) is 5.91 Å². The molecular formula is C23H26N4O3. The lowest BCUT2D eigenvalue weighted by Crippen LogP contribution is -2.50. The van der Waals surface area contributed by atoms with Crippen molar-refractivity contribution in [1.82, 2.24) is 20.4 Å². The Bertz CT molecular complexity index is 1070. The molecule has 0 aliphatic carbocycles. The van der Waals surface area contributed by atoms with Crippen LogP contribution in [0.4, 0.5) is 0 Å². The van der Waals surface area contributed by atoms with Gasteiger partial charge in [-0.25, -0.2) is 4.98 Å². The third kappa shape index (κ3) is 3.79. The number of carbonyl (C=O) groups excluding carboxylic acids is 2. The van der Waals surface area contributed by atoms with Crippen LogP contribution in [0.2, 0.25) is 0 Å². The molecule has 2 aromatic heterocycles. The Morgan fingerprint density at radius 3 is 2.50 bits per heavy atom. The van der Waals surface area contributed by atoms with Crippen molar-refractivity contribution in [1.29, 1.82) is 0 Å². The van der Waals surface area contributed by atoms with Gasteiger partial charge in [0.05, 0.1) is 22.3 Å².